The number of rotatable bonds is 3. The molecule has 1 aliphatic heterocycles. The van der Waals surface area contributed by atoms with Crippen LogP contribution in [0.2, 0.25) is 0 Å². The Morgan fingerprint density at radius 3 is 2.83 bits per heavy atom. The number of aryl methyl sites for hydroxylation is 2. The van der Waals surface area contributed by atoms with E-state index in [1.807, 2.05) is 0 Å². The van der Waals surface area contributed by atoms with Crippen LogP contribution in [0.1, 0.15) is 47.5 Å². The maximum atomic E-state index is 12.1. The van der Waals surface area contributed by atoms with Gasteiger partial charge in [-0.15, -0.1) is 11.3 Å². The second-order valence-electron chi connectivity index (χ2n) is 5.10. The third-order valence-electron chi connectivity index (χ3n) is 3.53. The Balaban J connectivity index is 1.96. The van der Waals surface area contributed by atoms with Crippen molar-refractivity contribution in [3.63, 3.8) is 0 Å². The van der Waals surface area contributed by atoms with Crippen molar-refractivity contribution in [2.24, 2.45) is 0 Å². The van der Waals surface area contributed by atoms with Crippen molar-refractivity contribution in [2.75, 3.05) is 6.54 Å². The number of carbonyl (C=O) groups excluding carboxylic acids is 1. The highest BCUT2D eigenvalue weighted by Crippen LogP contribution is 2.26. The molecule has 1 aliphatic rings. The fourth-order valence-corrected chi connectivity index (χ4v) is 3.57. The first kappa shape index (κ1) is 13.6. The summed E-state index contributed by atoms with van der Waals surface area (Å²) in [5.41, 5.74) is 1.25. The maximum Gasteiger partial charge on any atom is 0.237 e. The lowest BCUT2D eigenvalue weighted by Crippen LogP contribution is -2.47. The summed E-state index contributed by atoms with van der Waals surface area (Å²) in [5, 5.41) is 6.41. The zero-order valence-electron chi connectivity index (χ0n) is 11.4. The topological polar surface area (TPSA) is 41.1 Å². The van der Waals surface area contributed by atoms with Gasteiger partial charge in [-0.25, -0.2) is 0 Å². The van der Waals surface area contributed by atoms with E-state index < -0.39 is 0 Å². The van der Waals surface area contributed by atoms with Gasteiger partial charge in [-0.05, 0) is 51.8 Å². The number of piperidine rings is 1. The predicted octanol–water partition coefficient (Wildman–Crippen LogP) is 2.68. The van der Waals surface area contributed by atoms with Crippen LogP contribution in [0.5, 0.6) is 0 Å². The Bertz CT molecular complexity index is 421. The van der Waals surface area contributed by atoms with E-state index in [4.69, 9.17) is 0 Å². The van der Waals surface area contributed by atoms with Crippen LogP contribution in [-0.4, -0.2) is 18.5 Å². The van der Waals surface area contributed by atoms with E-state index >= 15 is 0 Å². The minimum atomic E-state index is 0.00115. The standard InChI is InChI=1S/C14H22N2OS/c1-9-8-12(11(3)18-9)10(2)16-14(17)13-6-4-5-7-15-13/h8,10,13,15H,4-7H2,1-3H3,(H,16,17)/t10?,13-/m0/s1. The Morgan fingerprint density at radius 2 is 2.28 bits per heavy atom. The van der Waals surface area contributed by atoms with Gasteiger partial charge in [0.25, 0.3) is 0 Å². The Hall–Kier alpha value is -0.870. The van der Waals surface area contributed by atoms with Crippen LogP contribution in [0.4, 0.5) is 0 Å². The maximum absolute atomic E-state index is 12.1. The van der Waals surface area contributed by atoms with Crippen molar-refractivity contribution in [1.29, 1.82) is 0 Å². The van der Waals surface area contributed by atoms with Gasteiger partial charge in [-0.3, -0.25) is 4.79 Å². The summed E-state index contributed by atoms with van der Waals surface area (Å²) in [7, 11) is 0. The molecule has 2 heterocycles. The van der Waals surface area contributed by atoms with E-state index in [2.05, 4.69) is 37.5 Å². The van der Waals surface area contributed by atoms with Crippen LogP contribution in [0.25, 0.3) is 0 Å². The Labute approximate surface area is 113 Å². The van der Waals surface area contributed by atoms with Crippen LogP contribution in [0.3, 0.4) is 0 Å². The van der Waals surface area contributed by atoms with E-state index in [1.165, 1.54) is 21.7 Å². The molecule has 1 fully saturated rings. The third kappa shape index (κ3) is 3.12. The van der Waals surface area contributed by atoms with Crippen molar-refractivity contribution in [2.45, 2.75) is 52.1 Å². The summed E-state index contributed by atoms with van der Waals surface area (Å²) < 4.78 is 0. The van der Waals surface area contributed by atoms with Gasteiger partial charge in [0, 0.05) is 9.75 Å². The monoisotopic (exact) mass is 266 g/mol. The fourth-order valence-electron chi connectivity index (χ4n) is 2.55. The van der Waals surface area contributed by atoms with Gasteiger partial charge >= 0.3 is 0 Å². The quantitative estimate of drug-likeness (QED) is 0.883. The molecular weight excluding hydrogens is 244 g/mol. The molecule has 2 rings (SSSR count). The zero-order chi connectivity index (χ0) is 13.1. The molecule has 3 nitrogen and oxygen atoms in total. The number of thiophene rings is 1. The molecule has 4 heteroatoms. The highest BCUT2D eigenvalue weighted by Gasteiger charge is 2.22. The van der Waals surface area contributed by atoms with Gasteiger partial charge in [-0.1, -0.05) is 6.42 Å². The summed E-state index contributed by atoms with van der Waals surface area (Å²) >= 11 is 1.79. The summed E-state index contributed by atoms with van der Waals surface area (Å²) in [6.45, 7) is 7.26. The van der Waals surface area contributed by atoms with Crippen molar-refractivity contribution < 1.29 is 4.79 Å². The first-order valence-corrected chi connectivity index (χ1v) is 7.50. The van der Waals surface area contributed by atoms with Gasteiger partial charge in [0.15, 0.2) is 0 Å². The minimum absolute atomic E-state index is 0.00115. The van der Waals surface area contributed by atoms with Crippen LogP contribution in [-0.2, 0) is 4.79 Å². The van der Waals surface area contributed by atoms with Gasteiger partial charge < -0.3 is 10.6 Å². The number of carbonyl (C=O) groups is 1. The highest BCUT2D eigenvalue weighted by molar-refractivity contribution is 7.12. The molecule has 1 amide bonds. The molecule has 2 N–H and O–H groups in total. The molecular formula is C14H22N2OS. The predicted molar refractivity (Wildman–Crippen MR) is 76.0 cm³/mol. The van der Waals surface area contributed by atoms with E-state index in [0.29, 0.717) is 0 Å². The zero-order valence-corrected chi connectivity index (χ0v) is 12.2. The number of nitrogens with one attached hydrogen (secondary N) is 2. The van der Waals surface area contributed by atoms with Gasteiger partial charge in [0.2, 0.25) is 5.91 Å². The SMILES string of the molecule is Cc1cc(C(C)NC(=O)[C@@H]2CCCCN2)c(C)s1. The molecule has 0 radical (unpaired) electrons. The summed E-state index contributed by atoms with van der Waals surface area (Å²) in [6, 6.07) is 2.28. The summed E-state index contributed by atoms with van der Waals surface area (Å²) in [5.74, 6) is 0.144. The van der Waals surface area contributed by atoms with Crippen LogP contribution in [0, 0.1) is 13.8 Å². The molecule has 18 heavy (non-hydrogen) atoms. The van der Waals surface area contributed by atoms with Crippen LogP contribution >= 0.6 is 11.3 Å². The lowest BCUT2D eigenvalue weighted by molar-refractivity contribution is -0.124. The second kappa shape index (κ2) is 5.85. The average molecular weight is 266 g/mol. The van der Waals surface area contributed by atoms with Gasteiger partial charge in [0.05, 0.1) is 12.1 Å². The second-order valence-corrected chi connectivity index (χ2v) is 6.56. The molecule has 0 aliphatic carbocycles. The first-order chi connectivity index (χ1) is 8.58. The molecule has 2 atom stereocenters. The number of amides is 1. The molecule has 1 aromatic heterocycles. The molecule has 1 aromatic rings. The Morgan fingerprint density at radius 1 is 1.50 bits per heavy atom. The largest absolute Gasteiger partial charge is 0.348 e. The lowest BCUT2D eigenvalue weighted by atomic mass is 10.0. The molecule has 1 unspecified atom stereocenters. The van der Waals surface area contributed by atoms with Crippen molar-refractivity contribution >= 4 is 17.2 Å². The van der Waals surface area contributed by atoms with Crippen LogP contribution in [0.15, 0.2) is 6.07 Å². The molecule has 0 saturated carbocycles. The number of hydrogen-bond acceptors (Lipinski definition) is 3. The normalized spacial score (nSPS) is 21.6. The minimum Gasteiger partial charge on any atom is -0.348 e. The molecule has 0 bridgehead atoms. The van der Waals surface area contributed by atoms with Crippen molar-refractivity contribution in [3.8, 4) is 0 Å². The molecule has 0 aromatic carbocycles. The van der Waals surface area contributed by atoms with Crippen LogP contribution < -0.4 is 10.6 Å². The van der Waals surface area contributed by atoms with Crippen molar-refractivity contribution in [1.82, 2.24) is 10.6 Å². The lowest BCUT2D eigenvalue weighted by Gasteiger charge is -2.24. The van der Waals surface area contributed by atoms with E-state index in [1.54, 1.807) is 11.3 Å². The smallest absolute Gasteiger partial charge is 0.237 e. The fraction of sp³-hybridized carbons (Fsp3) is 0.643. The van der Waals surface area contributed by atoms with E-state index in [-0.39, 0.29) is 18.0 Å². The Kier molecular flexibility index (Phi) is 4.40. The average Bonchev–Trinajstić information content (AvgIpc) is 2.69. The molecule has 100 valence electrons. The van der Waals surface area contributed by atoms with Gasteiger partial charge in [-0.2, -0.15) is 0 Å². The summed E-state index contributed by atoms with van der Waals surface area (Å²) in [4.78, 5) is 14.7. The van der Waals surface area contributed by atoms with Crippen molar-refractivity contribution in [3.05, 3.63) is 21.4 Å². The van der Waals surface area contributed by atoms with Gasteiger partial charge in [0.1, 0.15) is 0 Å². The molecule has 0 spiro atoms. The summed E-state index contributed by atoms with van der Waals surface area (Å²) in [6.07, 6.45) is 3.29. The van der Waals surface area contributed by atoms with E-state index in [0.717, 1.165) is 19.4 Å². The van der Waals surface area contributed by atoms with E-state index in [9.17, 15) is 4.79 Å². The third-order valence-corrected chi connectivity index (χ3v) is 4.51. The molecule has 1 saturated heterocycles. The first-order valence-electron chi connectivity index (χ1n) is 6.68. The highest BCUT2D eigenvalue weighted by atomic mass is 32.1. The number of hydrogen-bond donors (Lipinski definition) is 2.